The molecule has 1 saturated heterocycles. The molecule has 0 radical (unpaired) electrons. The molecule has 27 heavy (non-hydrogen) atoms. The molecule has 0 spiro atoms. The van der Waals surface area contributed by atoms with Crippen molar-refractivity contribution in [2.24, 2.45) is 4.99 Å². The van der Waals surface area contributed by atoms with Crippen molar-refractivity contribution in [2.45, 2.75) is 45.1 Å². The van der Waals surface area contributed by atoms with Gasteiger partial charge in [0, 0.05) is 39.4 Å². The fourth-order valence-electron chi connectivity index (χ4n) is 3.34. The highest BCUT2D eigenvalue weighted by Crippen LogP contribution is 2.18. The number of guanidine groups is 1. The first-order chi connectivity index (χ1) is 13.3. The summed E-state index contributed by atoms with van der Waals surface area (Å²) in [6.45, 7) is 6.07. The Balaban J connectivity index is 1.46. The van der Waals surface area contributed by atoms with Gasteiger partial charge in [0.15, 0.2) is 5.96 Å². The van der Waals surface area contributed by atoms with Gasteiger partial charge in [0.2, 0.25) is 0 Å². The molecule has 2 N–H and O–H groups in total. The van der Waals surface area contributed by atoms with Crippen molar-refractivity contribution in [2.75, 3.05) is 31.6 Å². The van der Waals surface area contributed by atoms with E-state index in [0.29, 0.717) is 5.92 Å². The van der Waals surface area contributed by atoms with Gasteiger partial charge in [-0.1, -0.05) is 25.8 Å². The third kappa shape index (κ3) is 5.96. The number of rotatable bonds is 6. The topological polar surface area (TPSA) is 52.6 Å². The Morgan fingerprint density at radius 2 is 2.00 bits per heavy atom. The van der Waals surface area contributed by atoms with Gasteiger partial charge in [-0.15, -0.1) is 0 Å². The first kappa shape index (κ1) is 19.7. The molecule has 1 fully saturated rings. The molecular formula is C21H31N5S. The maximum Gasteiger partial charge on any atom is 0.191 e. The summed E-state index contributed by atoms with van der Waals surface area (Å²) in [6.07, 6.45) is 7.22. The van der Waals surface area contributed by atoms with Crippen LogP contribution in [0.4, 0.5) is 5.82 Å². The maximum atomic E-state index is 4.68. The second kappa shape index (κ2) is 10.3. The number of hydrogen-bond donors (Lipinski definition) is 2. The fourth-order valence-corrected chi connectivity index (χ4v) is 4.12. The Morgan fingerprint density at radius 1 is 1.19 bits per heavy atom. The molecule has 5 nitrogen and oxygen atoms in total. The molecule has 0 saturated carbocycles. The van der Waals surface area contributed by atoms with Gasteiger partial charge in [-0.25, -0.2) is 4.98 Å². The molecule has 3 heterocycles. The van der Waals surface area contributed by atoms with Crippen LogP contribution < -0.4 is 15.5 Å². The van der Waals surface area contributed by atoms with Crippen molar-refractivity contribution >= 4 is 23.1 Å². The number of aliphatic imine (C=N–C) groups is 1. The van der Waals surface area contributed by atoms with Gasteiger partial charge in [-0.3, -0.25) is 4.99 Å². The summed E-state index contributed by atoms with van der Waals surface area (Å²) in [6, 6.07) is 6.50. The standard InChI is InChI=1S/C21H31N5S/c1-17(19-9-12-27-16-19)13-24-21(22-2)25-15-18-7-8-20(23-14-18)26-10-5-3-4-6-11-26/h7-9,12,14,16-17H,3-6,10-11,13,15H2,1-2H3,(H2,22,24,25). The smallest absolute Gasteiger partial charge is 0.191 e. The van der Waals surface area contributed by atoms with Gasteiger partial charge < -0.3 is 15.5 Å². The number of anilines is 1. The van der Waals surface area contributed by atoms with Crippen molar-refractivity contribution in [1.82, 2.24) is 15.6 Å². The number of hydrogen-bond acceptors (Lipinski definition) is 4. The SMILES string of the molecule is CN=C(NCc1ccc(N2CCCCCC2)nc1)NCC(C)c1ccsc1. The highest BCUT2D eigenvalue weighted by Gasteiger charge is 2.11. The zero-order chi connectivity index (χ0) is 18.9. The van der Waals surface area contributed by atoms with Gasteiger partial charge in [-0.05, 0) is 52.8 Å². The molecule has 1 unspecified atom stereocenters. The first-order valence-electron chi connectivity index (χ1n) is 9.93. The van der Waals surface area contributed by atoms with E-state index >= 15 is 0 Å². The van der Waals surface area contributed by atoms with E-state index in [-0.39, 0.29) is 0 Å². The summed E-state index contributed by atoms with van der Waals surface area (Å²) in [5.41, 5.74) is 2.54. The van der Waals surface area contributed by atoms with E-state index in [1.807, 2.05) is 13.2 Å². The lowest BCUT2D eigenvalue weighted by Crippen LogP contribution is -2.38. The van der Waals surface area contributed by atoms with Crippen molar-refractivity contribution in [3.05, 3.63) is 46.3 Å². The van der Waals surface area contributed by atoms with Gasteiger partial charge in [0.25, 0.3) is 0 Å². The van der Waals surface area contributed by atoms with Crippen LogP contribution in [0.3, 0.4) is 0 Å². The molecule has 6 heteroatoms. The summed E-state index contributed by atoms with van der Waals surface area (Å²) in [4.78, 5) is 11.4. The molecule has 2 aromatic rings. The predicted molar refractivity (Wildman–Crippen MR) is 116 cm³/mol. The highest BCUT2D eigenvalue weighted by atomic mass is 32.1. The van der Waals surface area contributed by atoms with Gasteiger partial charge in [-0.2, -0.15) is 11.3 Å². The van der Waals surface area contributed by atoms with Crippen molar-refractivity contribution in [1.29, 1.82) is 0 Å². The van der Waals surface area contributed by atoms with Crippen LogP contribution in [0, 0.1) is 0 Å². The minimum atomic E-state index is 0.462. The van der Waals surface area contributed by atoms with Crippen molar-refractivity contribution in [3.63, 3.8) is 0 Å². The molecule has 0 aliphatic carbocycles. The van der Waals surface area contributed by atoms with Gasteiger partial charge in [0.05, 0.1) is 0 Å². The minimum absolute atomic E-state index is 0.462. The molecular weight excluding hydrogens is 354 g/mol. The van der Waals surface area contributed by atoms with Crippen molar-refractivity contribution < 1.29 is 0 Å². The van der Waals surface area contributed by atoms with E-state index in [9.17, 15) is 0 Å². The van der Waals surface area contributed by atoms with Crippen LogP contribution in [0.1, 0.15) is 49.7 Å². The molecule has 0 aromatic carbocycles. The predicted octanol–water partition coefficient (Wildman–Crippen LogP) is 3.99. The lowest BCUT2D eigenvalue weighted by atomic mass is 10.1. The Kier molecular flexibility index (Phi) is 7.51. The zero-order valence-corrected chi connectivity index (χ0v) is 17.3. The van der Waals surface area contributed by atoms with Crippen LogP contribution in [0.25, 0.3) is 0 Å². The lowest BCUT2D eigenvalue weighted by molar-refractivity contribution is 0.700. The first-order valence-corrected chi connectivity index (χ1v) is 10.9. The largest absolute Gasteiger partial charge is 0.357 e. The summed E-state index contributed by atoms with van der Waals surface area (Å²) in [5, 5.41) is 11.1. The van der Waals surface area contributed by atoms with Crippen molar-refractivity contribution in [3.8, 4) is 0 Å². The number of nitrogens with one attached hydrogen (secondary N) is 2. The number of pyridine rings is 1. The summed E-state index contributed by atoms with van der Waals surface area (Å²) < 4.78 is 0. The molecule has 146 valence electrons. The normalized spacial score (nSPS) is 16.7. The van der Waals surface area contributed by atoms with Crippen LogP contribution in [0.15, 0.2) is 40.1 Å². The summed E-state index contributed by atoms with van der Waals surface area (Å²) >= 11 is 1.74. The zero-order valence-electron chi connectivity index (χ0n) is 16.4. The van der Waals surface area contributed by atoms with Crippen LogP contribution in [-0.2, 0) is 6.54 Å². The number of nitrogens with zero attached hydrogens (tertiary/aromatic N) is 3. The molecule has 1 aliphatic rings. The van der Waals surface area contributed by atoms with Crippen LogP contribution in [-0.4, -0.2) is 37.6 Å². The second-order valence-electron chi connectivity index (χ2n) is 7.19. The third-order valence-corrected chi connectivity index (χ3v) is 5.81. The molecule has 3 rings (SSSR count). The molecule has 1 aliphatic heterocycles. The number of aromatic nitrogens is 1. The van der Waals surface area contributed by atoms with E-state index in [2.05, 4.69) is 61.4 Å². The van der Waals surface area contributed by atoms with Crippen LogP contribution >= 0.6 is 11.3 Å². The van der Waals surface area contributed by atoms with Gasteiger partial charge in [0.1, 0.15) is 5.82 Å². The van der Waals surface area contributed by atoms with Gasteiger partial charge >= 0.3 is 0 Å². The van der Waals surface area contributed by atoms with E-state index in [0.717, 1.165) is 38.0 Å². The Labute approximate surface area is 166 Å². The quantitative estimate of drug-likeness (QED) is 0.583. The average molecular weight is 386 g/mol. The molecule has 0 bridgehead atoms. The van der Waals surface area contributed by atoms with Crippen LogP contribution in [0.2, 0.25) is 0 Å². The van der Waals surface area contributed by atoms with E-state index < -0.39 is 0 Å². The number of thiophene rings is 1. The summed E-state index contributed by atoms with van der Waals surface area (Å²) in [5.74, 6) is 2.39. The maximum absolute atomic E-state index is 4.68. The molecule has 2 aromatic heterocycles. The van der Waals surface area contributed by atoms with Crippen LogP contribution in [0.5, 0.6) is 0 Å². The summed E-state index contributed by atoms with van der Waals surface area (Å²) in [7, 11) is 1.81. The Morgan fingerprint density at radius 3 is 2.63 bits per heavy atom. The van der Waals surface area contributed by atoms with E-state index in [1.54, 1.807) is 11.3 Å². The Hall–Kier alpha value is -2.08. The monoisotopic (exact) mass is 385 g/mol. The fraction of sp³-hybridized carbons (Fsp3) is 0.524. The third-order valence-electron chi connectivity index (χ3n) is 5.11. The minimum Gasteiger partial charge on any atom is -0.357 e. The van der Waals surface area contributed by atoms with E-state index in [4.69, 9.17) is 0 Å². The molecule has 0 amide bonds. The average Bonchev–Trinajstić information content (AvgIpc) is 3.11. The highest BCUT2D eigenvalue weighted by molar-refractivity contribution is 7.07. The Bertz CT molecular complexity index is 688. The van der Waals surface area contributed by atoms with E-state index in [1.165, 1.54) is 36.8 Å². The second-order valence-corrected chi connectivity index (χ2v) is 7.97. The lowest BCUT2D eigenvalue weighted by Gasteiger charge is -2.21. The molecule has 1 atom stereocenters.